The molecular weight excluding hydrogens is 787 g/mol. The minimum absolute atomic E-state index is 0.123. The molecule has 3 nitrogen and oxygen atoms in total. The Labute approximate surface area is 370 Å². The second kappa shape index (κ2) is 17.6. The zero-order chi connectivity index (χ0) is 42.0. The fourth-order valence-corrected chi connectivity index (χ4v) is 11.4. The van der Waals surface area contributed by atoms with E-state index in [1.54, 1.807) is 22.7 Å². The van der Waals surface area contributed by atoms with Gasteiger partial charge in [-0.2, -0.15) is 4.36 Å². The molecule has 1 unspecified atom stereocenters. The predicted octanol–water partition coefficient (Wildman–Crippen LogP) is 16.8. The van der Waals surface area contributed by atoms with E-state index in [0.717, 1.165) is 27.3 Å². The van der Waals surface area contributed by atoms with Gasteiger partial charge in [0.05, 0.1) is 5.69 Å². The van der Waals surface area contributed by atoms with E-state index in [9.17, 15) is 0 Å². The summed E-state index contributed by atoms with van der Waals surface area (Å²) < 4.78 is 7.00. The number of thiophene rings is 2. The molecule has 0 aliphatic rings. The van der Waals surface area contributed by atoms with Crippen LogP contribution in [0.5, 0.6) is 0 Å². The van der Waals surface area contributed by atoms with Crippen molar-refractivity contribution in [3.8, 4) is 31.3 Å². The van der Waals surface area contributed by atoms with E-state index in [2.05, 4.69) is 184 Å². The first kappa shape index (κ1) is 41.8. The van der Waals surface area contributed by atoms with Crippen LogP contribution in [0.15, 0.2) is 138 Å². The molecule has 0 aliphatic carbocycles. The highest BCUT2D eigenvalue weighted by atomic mass is 32.1. The van der Waals surface area contributed by atoms with Gasteiger partial charge in [0.1, 0.15) is 5.69 Å². The van der Waals surface area contributed by atoms with Crippen molar-refractivity contribution in [3.63, 3.8) is 0 Å². The first-order valence-corrected chi connectivity index (χ1v) is 23.7. The zero-order valence-electron chi connectivity index (χ0n) is 35.9. The van der Waals surface area contributed by atoms with Crippen molar-refractivity contribution in [1.29, 1.82) is 0 Å². The van der Waals surface area contributed by atoms with E-state index in [1.807, 2.05) is 0 Å². The molecule has 60 heavy (non-hydrogen) atoms. The van der Waals surface area contributed by atoms with Crippen LogP contribution in [0.1, 0.15) is 114 Å². The average molecular weight is 844 g/mol. The molecule has 5 aromatic carbocycles. The zero-order valence-corrected chi connectivity index (χ0v) is 38.4. The van der Waals surface area contributed by atoms with Gasteiger partial charge in [0, 0.05) is 81.7 Å². The Morgan fingerprint density at radius 1 is 0.600 bits per heavy atom. The van der Waals surface area contributed by atoms with Gasteiger partial charge >= 0.3 is 0 Å². The minimum Gasteiger partial charge on any atom is -0.396 e. The van der Waals surface area contributed by atoms with Gasteiger partial charge in [-0.3, -0.25) is 0 Å². The summed E-state index contributed by atoms with van der Waals surface area (Å²) in [5.41, 5.74) is 17.8. The standard InChI is InChI=1S/C54H57N3S3/c1-7-8-9-10-11-14-19-36(2)57-45-34-37(24-26-41(45)42-27-25-40(35-46(42)57)53(3,4)38-20-15-12-16-21-38)47-30-31-48(59-47)43-28-29-44(52(56-58)51(43)55)49-32-33-50(60-49)54(5,6)39-22-17-13-18-23-39/h12-13,15-18,20-36H,7-11,14,19,55H2,1-6H3. The number of hydrogen-bond acceptors (Lipinski definition) is 5. The first-order valence-electron chi connectivity index (χ1n) is 21.7. The Morgan fingerprint density at radius 3 is 1.88 bits per heavy atom. The SMILES string of the molecule is CCCCCCCCC(C)n1c2cc(-c3ccc(-c4ccc(-c5ccc(C(C)(C)c6ccccc6)s5)c(N=S)c4N)s3)ccc2c2ccc(C(C)(C)c3ccccc3)cc21. The summed E-state index contributed by atoms with van der Waals surface area (Å²) in [4.78, 5) is 4.72. The molecule has 3 aromatic heterocycles. The van der Waals surface area contributed by atoms with Gasteiger partial charge in [-0.05, 0) is 72.0 Å². The molecular formula is C54H57N3S3. The van der Waals surface area contributed by atoms with Gasteiger partial charge in [-0.25, -0.2) is 0 Å². The van der Waals surface area contributed by atoms with Crippen molar-refractivity contribution < 1.29 is 0 Å². The summed E-state index contributed by atoms with van der Waals surface area (Å²) in [5.74, 6) is 0. The van der Waals surface area contributed by atoms with Gasteiger partial charge < -0.3 is 10.3 Å². The van der Waals surface area contributed by atoms with E-state index < -0.39 is 0 Å². The Bertz CT molecular complexity index is 2750. The van der Waals surface area contributed by atoms with Crippen molar-refractivity contribution in [2.75, 3.05) is 5.73 Å². The highest BCUT2D eigenvalue weighted by Crippen LogP contribution is 2.48. The summed E-state index contributed by atoms with van der Waals surface area (Å²) in [6.45, 7) is 14.0. The van der Waals surface area contributed by atoms with Crippen LogP contribution in [-0.2, 0) is 23.3 Å². The molecule has 0 fully saturated rings. The summed E-state index contributed by atoms with van der Waals surface area (Å²) in [7, 11) is 0. The van der Waals surface area contributed by atoms with E-state index in [4.69, 9.17) is 18.2 Å². The number of nitrogens with zero attached hydrogens (tertiary/aromatic N) is 2. The maximum Gasteiger partial charge on any atom is 0.109 e. The number of nitrogens with two attached hydrogens (primary N) is 1. The molecule has 8 aromatic rings. The number of fused-ring (bicyclic) bond motifs is 3. The number of rotatable bonds is 16. The van der Waals surface area contributed by atoms with Crippen LogP contribution in [-0.4, -0.2) is 4.57 Å². The molecule has 306 valence electrons. The van der Waals surface area contributed by atoms with Gasteiger partial charge in [-0.1, -0.05) is 170 Å². The molecule has 0 saturated carbocycles. The lowest BCUT2D eigenvalue weighted by atomic mass is 9.78. The van der Waals surface area contributed by atoms with E-state index >= 15 is 0 Å². The molecule has 0 bridgehead atoms. The number of hydrogen-bond donors (Lipinski definition) is 1. The van der Waals surface area contributed by atoms with Crippen LogP contribution < -0.4 is 5.73 Å². The third-order valence-electron chi connectivity index (χ3n) is 12.9. The molecule has 0 radical (unpaired) electrons. The van der Waals surface area contributed by atoms with E-state index in [1.165, 1.54) is 92.3 Å². The summed E-state index contributed by atoms with van der Waals surface area (Å²) in [5, 5.41) is 2.63. The predicted molar refractivity (Wildman–Crippen MR) is 265 cm³/mol. The second-order valence-electron chi connectivity index (χ2n) is 17.6. The normalized spacial score (nSPS) is 12.7. The number of benzene rings is 5. The van der Waals surface area contributed by atoms with Crippen molar-refractivity contribution in [3.05, 3.63) is 155 Å². The third-order valence-corrected chi connectivity index (χ3v) is 15.7. The highest BCUT2D eigenvalue weighted by molar-refractivity contribution is 7.47. The molecule has 0 amide bonds. The quantitative estimate of drug-likeness (QED) is 0.0778. The average Bonchev–Trinajstić information content (AvgIpc) is 4.04. The molecule has 1 atom stereocenters. The van der Waals surface area contributed by atoms with Crippen LogP contribution >= 0.6 is 22.7 Å². The van der Waals surface area contributed by atoms with Gasteiger partial charge in [-0.15, -0.1) is 22.7 Å². The van der Waals surface area contributed by atoms with Crippen LogP contribution in [0, 0.1) is 0 Å². The van der Waals surface area contributed by atoms with Crippen LogP contribution in [0.2, 0.25) is 0 Å². The lowest BCUT2D eigenvalue weighted by Crippen LogP contribution is -2.18. The number of aromatic nitrogens is 1. The largest absolute Gasteiger partial charge is 0.396 e. The first-order chi connectivity index (χ1) is 29.0. The Hall–Kier alpha value is -4.88. The van der Waals surface area contributed by atoms with E-state index in [-0.39, 0.29) is 10.8 Å². The fraction of sp³-hybridized carbons (Fsp3) is 0.296. The maximum absolute atomic E-state index is 6.97. The highest BCUT2D eigenvalue weighted by Gasteiger charge is 2.27. The van der Waals surface area contributed by atoms with Crippen molar-refractivity contribution in [2.24, 2.45) is 4.36 Å². The summed E-state index contributed by atoms with van der Waals surface area (Å²) >= 11 is 8.96. The number of nitrogen functional groups attached to an aromatic ring is 1. The van der Waals surface area contributed by atoms with Crippen LogP contribution in [0.4, 0.5) is 11.4 Å². The molecule has 2 N–H and O–H groups in total. The summed E-state index contributed by atoms with van der Waals surface area (Å²) in [6.07, 6.45) is 8.98. The molecule has 0 saturated heterocycles. The molecule has 3 heterocycles. The smallest absolute Gasteiger partial charge is 0.109 e. The van der Waals surface area contributed by atoms with Crippen LogP contribution in [0.3, 0.4) is 0 Å². The number of anilines is 1. The lowest BCUT2D eigenvalue weighted by Gasteiger charge is -2.27. The van der Waals surface area contributed by atoms with Crippen molar-refractivity contribution in [1.82, 2.24) is 4.57 Å². The van der Waals surface area contributed by atoms with Crippen molar-refractivity contribution in [2.45, 2.75) is 103 Å². The molecule has 0 spiro atoms. The topological polar surface area (TPSA) is 43.3 Å². The Kier molecular flexibility index (Phi) is 12.3. The molecule has 6 heteroatoms. The third kappa shape index (κ3) is 8.02. The monoisotopic (exact) mass is 843 g/mol. The molecule has 8 rings (SSSR count). The van der Waals surface area contributed by atoms with Gasteiger partial charge in [0.25, 0.3) is 0 Å². The Balaban J connectivity index is 1.14. The van der Waals surface area contributed by atoms with E-state index in [0.29, 0.717) is 17.4 Å². The van der Waals surface area contributed by atoms with Gasteiger partial charge in [0.15, 0.2) is 0 Å². The Morgan fingerprint density at radius 2 is 1.18 bits per heavy atom. The summed E-state index contributed by atoms with van der Waals surface area (Å²) in [6, 6.07) is 49.3. The fourth-order valence-electron chi connectivity index (χ4n) is 9.01. The maximum atomic E-state index is 6.97. The second-order valence-corrected chi connectivity index (χ2v) is 19.9. The molecule has 0 aliphatic heterocycles. The lowest BCUT2D eigenvalue weighted by molar-refractivity contribution is 0.486. The number of unbranched alkanes of at least 4 members (excludes halogenated alkanes) is 5. The minimum atomic E-state index is -0.125. The van der Waals surface area contributed by atoms with Crippen molar-refractivity contribution >= 4 is 68.3 Å². The van der Waals surface area contributed by atoms with Crippen LogP contribution in [0.25, 0.3) is 53.1 Å². The van der Waals surface area contributed by atoms with Gasteiger partial charge in [0.2, 0.25) is 0 Å².